The molecule has 1 aromatic rings. The maximum atomic E-state index is 5.56. The molecule has 1 saturated carbocycles. The first kappa shape index (κ1) is 13.1. The molecule has 1 aliphatic rings. The minimum absolute atomic E-state index is 0.416. The normalized spacial score (nSPS) is 22.4. The van der Waals surface area contributed by atoms with E-state index in [1.807, 2.05) is 27.8 Å². The van der Waals surface area contributed by atoms with E-state index in [-0.39, 0.29) is 0 Å². The smallest absolute Gasteiger partial charge is 0.134 e. The molecule has 2 N–H and O–H groups in total. The van der Waals surface area contributed by atoms with Gasteiger partial charge in [0.2, 0.25) is 0 Å². The Morgan fingerprint density at radius 1 is 1.22 bits per heavy atom. The van der Waals surface area contributed by atoms with Crippen LogP contribution in [0.2, 0.25) is 0 Å². The van der Waals surface area contributed by atoms with E-state index in [4.69, 9.17) is 4.74 Å². The second-order valence-corrected chi connectivity index (χ2v) is 4.73. The van der Waals surface area contributed by atoms with Crippen molar-refractivity contribution < 1.29 is 4.74 Å². The van der Waals surface area contributed by atoms with Gasteiger partial charge in [0.05, 0.1) is 6.10 Å². The summed E-state index contributed by atoms with van der Waals surface area (Å²) in [6.45, 7) is 6.78. The summed E-state index contributed by atoms with van der Waals surface area (Å²) in [5, 5.41) is 6.58. The SMILES string of the molecule is CCOC1CC(Nc2nc(C)nc(NC)c2C)C1. The van der Waals surface area contributed by atoms with Gasteiger partial charge >= 0.3 is 0 Å². The maximum Gasteiger partial charge on any atom is 0.134 e. The Bertz CT molecular complexity index is 416. The van der Waals surface area contributed by atoms with Gasteiger partial charge in [-0.2, -0.15) is 0 Å². The van der Waals surface area contributed by atoms with Gasteiger partial charge in [0.15, 0.2) is 0 Å². The quantitative estimate of drug-likeness (QED) is 0.838. The second kappa shape index (κ2) is 5.52. The molecule has 1 aromatic heterocycles. The lowest BCUT2D eigenvalue weighted by atomic mass is 9.89. The van der Waals surface area contributed by atoms with Crippen molar-refractivity contribution in [2.24, 2.45) is 0 Å². The van der Waals surface area contributed by atoms with Gasteiger partial charge in [-0.3, -0.25) is 0 Å². The van der Waals surface area contributed by atoms with Crippen molar-refractivity contribution in [1.82, 2.24) is 9.97 Å². The zero-order valence-corrected chi connectivity index (χ0v) is 11.6. The Balaban J connectivity index is 2.00. The molecule has 0 unspecified atom stereocenters. The monoisotopic (exact) mass is 250 g/mol. The van der Waals surface area contributed by atoms with Crippen LogP contribution in [-0.2, 0) is 4.74 Å². The van der Waals surface area contributed by atoms with Crippen LogP contribution in [0.15, 0.2) is 0 Å². The van der Waals surface area contributed by atoms with E-state index in [1.165, 1.54) is 0 Å². The van der Waals surface area contributed by atoms with E-state index >= 15 is 0 Å². The summed E-state index contributed by atoms with van der Waals surface area (Å²) in [6.07, 6.45) is 2.54. The molecule has 0 amide bonds. The van der Waals surface area contributed by atoms with Crippen LogP contribution in [0.1, 0.15) is 31.2 Å². The highest BCUT2D eigenvalue weighted by Gasteiger charge is 2.30. The van der Waals surface area contributed by atoms with Crippen LogP contribution in [0.4, 0.5) is 11.6 Å². The second-order valence-electron chi connectivity index (χ2n) is 4.73. The summed E-state index contributed by atoms with van der Waals surface area (Å²) in [5.41, 5.74) is 1.07. The van der Waals surface area contributed by atoms with Gasteiger partial charge < -0.3 is 15.4 Å². The van der Waals surface area contributed by atoms with Crippen LogP contribution >= 0.6 is 0 Å². The van der Waals surface area contributed by atoms with E-state index in [1.54, 1.807) is 0 Å². The molecule has 0 radical (unpaired) electrons. The number of ether oxygens (including phenoxy) is 1. The predicted octanol–water partition coefficient (Wildman–Crippen LogP) is 2.11. The Labute approximate surface area is 108 Å². The molecule has 1 aliphatic carbocycles. The first-order valence-electron chi connectivity index (χ1n) is 6.55. The average Bonchev–Trinajstić information content (AvgIpc) is 2.30. The molecule has 5 nitrogen and oxygen atoms in total. The lowest BCUT2D eigenvalue weighted by Gasteiger charge is -2.36. The maximum absolute atomic E-state index is 5.56. The van der Waals surface area contributed by atoms with Crippen molar-refractivity contribution in [2.45, 2.75) is 45.8 Å². The number of rotatable bonds is 5. The highest BCUT2D eigenvalue weighted by molar-refractivity contribution is 5.57. The fourth-order valence-corrected chi connectivity index (χ4v) is 2.26. The van der Waals surface area contributed by atoms with E-state index < -0.39 is 0 Å². The summed E-state index contributed by atoms with van der Waals surface area (Å²) < 4.78 is 5.56. The van der Waals surface area contributed by atoms with Crippen LogP contribution in [0.25, 0.3) is 0 Å². The Kier molecular flexibility index (Phi) is 4.01. The highest BCUT2D eigenvalue weighted by atomic mass is 16.5. The van der Waals surface area contributed by atoms with Gasteiger partial charge in [-0.05, 0) is 33.6 Å². The van der Waals surface area contributed by atoms with Crippen LogP contribution in [0, 0.1) is 13.8 Å². The third-order valence-electron chi connectivity index (χ3n) is 3.33. The molecule has 1 fully saturated rings. The van der Waals surface area contributed by atoms with Crippen molar-refractivity contribution in [3.8, 4) is 0 Å². The van der Waals surface area contributed by atoms with Crippen molar-refractivity contribution in [3.05, 3.63) is 11.4 Å². The standard InChI is InChI=1S/C13H22N4O/c1-5-18-11-6-10(7-11)17-13-8(2)12(14-4)15-9(3)16-13/h10-11H,5-7H2,1-4H3,(H2,14,15,16,17). The molecule has 18 heavy (non-hydrogen) atoms. The third-order valence-corrected chi connectivity index (χ3v) is 3.33. The van der Waals surface area contributed by atoms with Gasteiger partial charge in [0.1, 0.15) is 17.5 Å². The number of nitrogens with zero attached hydrogens (tertiary/aromatic N) is 2. The number of anilines is 2. The number of aryl methyl sites for hydroxylation is 1. The van der Waals surface area contributed by atoms with Crippen molar-refractivity contribution in [2.75, 3.05) is 24.3 Å². The zero-order valence-electron chi connectivity index (χ0n) is 11.6. The summed E-state index contributed by atoms with van der Waals surface area (Å²) >= 11 is 0. The summed E-state index contributed by atoms with van der Waals surface area (Å²) in [7, 11) is 1.88. The molecule has 0 spiro atoms. The number of hydrogen-bond acceptors (Lipinski definition) is 5. The lowest BCUT2D eigenvalue weighted by Crippen LogP contribution is -2.41. The molecule has 100 valence electrons. The number of nitrogens with one attached hydrogen (secondary N) is 2. The summed E-state index contributed by atoms with van der Waals surface area (Å²) in [6, 6.07) is 0.472. The van der Waals surface area contributed by atoms with Crippen molar-refractivity contribution >= 4 is 11.6 Å². The average molecular weight is 250 g/mol. The Morgan fingerprint density at radius 2 is 1.89 bits per heavy atom. The molecular weight excluding hydrogens is 228 g/mol. The molecule has 0 bridgehead atoms. The fraction of sp³-hybridized carbons (Fsp3) is 0.692. The van der Waals surface area contributed by atoms with Gasteiger partial charge in [-0.25, -0.2) is 9.97 Å². The van der Waals surface area contributed by atoms with Crippen LogP contribution in [0.5, 0.6) is 0 Å². The molecule has 1 heterocycles. The molecular formula is C13H22N4O. The summed E-state index contributed by atoms with van der Waals surface area (Å²) in [4.78, 5) is 8.83. The molecule has 0 aliphatic heterocycles. The largest absolute Gasteiger partial charge is 0.378 e. The van der Waals surface area contributed by atoms with E-state index in [0.717, 1.165) is 42.5 Å². The van der Waals surface area contributed by atoms with Gasteiger partial charge in [-0.1, -0.05) is 0 Å². The van der Waals surface area contributed by atoms with Gasteiger partial charge in [0.25, 0.3) is 0 Å². The predicted molar refractivity (Wildman–Crippen MR) is 73.1 cm³/mol. The summed E-state index contributed by atoms with van der Waals surface area (Å²) in [5.74, 6) is 2.62. The fourth-order valence-electron chi connectivity index (χ4n) is 2.26. The minimum Gasteiger partial charge on any atom is -0.378 e. The zero-order chi connectivity index (χ0) is 13.1. The number of aromatic nitrogens is 2. The Hall–Kier alpha value is -1.36. The number of hydrogen-bond donors (Lipinski definition) is 2. The minimum atomic E-state index is 0.416. The van der Waals surface area contributed by atoms with Crippen LogP contribution in [0.3, 0.4) is 0 Å². The topological polar surface area (TPSA) is 59.1 Å². The third kappa shape index (κ3) is 2.72. The lowest BCUT2D eigenvalue weighted by molar-refractivity contribution is 0.00291. The van der Waals surface area contributed by atoms with Crippen LogP contribution in [-0.4, -0.2) is 35.8 Å². The molecule has 5 heteroatoms. The van der Waals surface area contributed by atoms with E-state index in [2.05, 4.69) is 20.6 Å². The molecule has 0 atom stereocenters. The van der Waals surface area contributed by atoms with Gasteiger partial charge in [-0.15, -0.1) is 0 Å². The van der Waals surface area contributed by atoms with Crippen molar-refractivity contribution in [3.63, 3.8) is 0 Å². The molecule has 0 aromatic carbocycles. The molecule has 2 rings (SSSR count). The Morgan fingerprint density at radius 3 is 2.50 bits per heavy atom. The first-order chi connectivity index (χ1) is 8.63. The van der Waals surface area contributed by atoms with E-state index in [9.17, 15) is 0 Å². The molecule has 0 saturated heterocycles. The van der Waals surface area contributed by atoms with Crippen LogP contribution < -0.4 is 10.6 Å². The van der Waals surface area contributed by atoms with Gasteiger partial charge in [0, 0.05) is 25.3 Å². The highest BCUT2D eigenvalue weighted by Crippen LogP contribution is 2.28. The van der Waals surface area contributed by atoms with Crippen molar-refractivity contribution in [1.29, 1.82) is 0 Å². The first-order valence-corrected chi connectivity index (χ1v) is 6.55. The van der Waals surface area contributed by atoms with E-state index in [0.29, 0.717) is 12.1 Å².